The molecule has 0 saturated carbocycles. The second kappa shape index (κ2) is 5.75. The van der Waals surface area contributed by atoms with Crippen LogP contribution in [0.3, 0.4) is 0 Å². The van der Waals surface area contributed by atoms with E-state index in [1.165, 1.54) is 0 Å². The summed E-state index contributed by atoms with van der Waals surface area (Å²) < 4.78 is 6.32. The molecule has 1 aliphatic rings. The van der Waals surface area contributed by atoms with Gasteiger partial charge in [-0.1, -0.05) is 24.3 Å². The maximum absolute atomic E-state index is 9.94. The van der Waals surface area contributed by atoms with E-state index in [0.717, 1.165) is 49.9 Å². The Morgan fingerprint density at radius 3 is 1.86 bits per heavy atom. The molecule has 1 aliphatic heterocycles. The largest absolute Gasteiger partial charge is 0.508 e. The predicted octanol–water partition coefficient (Wildman–Crippen LogP) is 5.41. The van der Waals surface area contributed by atoms with E-state index in [2.05, 4.69) is 9.97 Å². The molecule has 0 bridgehead atoms. The summed E-state index contributed by atoms with van der Waals surface area (Å²) in [7, 11) is 0. The summed E-state index contributed by atoms with van der Waals surface area (Å²) in [6.07, 6.45) is 3.51. The van der Waals surface area contributed by atoms with Gasteiger partial charge in [0.15, 0.2) is 0 Å². The van der Waals surface area contributed by atoms with Crippen LogP contribution < -0.4 is 4.74 Å². The van der Waals surface area contributed by atoms with Gasteiger partial charge in [-0.15, -0.1) is 0 Å². The Morgan fingerprint density at radius 2 is 1.34 bits per heavy atom. The van der Waals surface area contributed by atoms with Crippen LogP contribution in [0.2, 0.25) is 0 Å². The molecule has 4 aromatic carbocycles. The molecule has 0 spiro atoms. The summed E-state index contributed by atoms with van der Waals surface area (Å²) >= 11 is 0. The van der Waals surface area contributed by atoms with Crippen LogP contribution in [0.4, 0.5) is 0 Å². The Bertz CT molecular complexity index is 1320. The van der Waals surface area contributed by atoms with E-state index in [1.54, 1.807) is 30.6 Å². The number of aromatic nitrogens is 2. The number of H-pyrrole nitrogens is 1. The number of hydrogen-bond donors (Lipinski definition) is 3. The summed E-state index contributed by atoms with van der Waals surface area (Å²) in [5.41, 5.74) is 3.01. The molecule has 0 fully saturated rings. The molecular weight excluding hydrogens is 364 g/mol. The molecule has 2 heterocycles. The number of aromatic amines is 1. The van der Waals surface area contributed by atoms with E-state index in [-0.39, 0.29) is 17.4 Å². The number of rotatable bonds is 1. The number of aromatic hydroxyl groups is 2. The van der Waals surface area contributed by atoms with Gasteiger partial charge in [0.2, 0.25) is 0 Å². The Kier molecular flexibility index (Phi) is 3.18. The molecule has 140 valence electrons. The summed E-state index contributed by atoms with van der Waals surface area (Å²) in [5.74, 6) is 1.90. The number of benzene rings is 4. The fourth-order valence-electron chi connectivity index (χ4n) is 4.41. The van der Waals surface area contributed by atoms with Crippen LogP contribution in [0.15, 0.2) is 73.2 Å². The summed E-state index contributed by atoms with van der Waals surface area (Å²) in [6, 6.07) is 18.6. The van der Waals surface area contributed by atoms with Crippen LogP contribution in [-0.4, -0.2) is 20.2 Å². The lowest BCUT2D eigenvalue weighted by molar-refractivity contribution is 0.455. The first-order valence-electron chi connectivity index (χ1n) is 9.36. The first-order valence-corrected chi connectivity index (χ1v) is 9.36. The molecule has 5 heteroatoms. The van der Waals surface area contributed by atoms with E-state index in [1.807, 2.05) is 42.6 Å². The van der Waals surface area contributed by atoms with Crippen LogP contribution in [-0.2, 0) is 0 Å². The van der Waals surface area contributed by atoms with E-state index < -0.39 is 0 Å². The number of phenols is 2. The minimum absolute atomic E-state index is 0.127. The van der Waals surface area contributed by atoms with Crippen molar-refractivity contribution in [3.05, 3.63) is 90.0 Å². The van der Waals surface area contributed by atoms with Crippen LogP contribution in [0, 0.1) is 0 Å². The van der Waals surface area contributed by atoms with Crippen molar-refractivity contribution in [3.8, 4) is 23.0 Å². The third kappa shape index (κ3) is 2.31. The van der Waals surface area contributed by atoms with Crippen molar-refractivity contribution in [2.45, 2.75) is 5.92 Å². The van der Waals surface area contributed by atoms with Crippen molar-refractivity contribution in [1.82, 2.24) is 9.97 Å². The lowest BCUT2D eigenvalue weighted by Gasteiger charge is -2.30. The highest BCUT2D eigenvalue weighted by Gasteiger charge is 2.33. The van der Waals surface area contributed by atoms with Gasteiger partial charge >= 0.3 is 0 Å². The molecule has 6 rings (SSSR count). The minimum Gasteiger partial charge on any atom is -0.508 e. The zero-order valence-electron chi connectivity index (χ0n) is 15.3. The van der Waals surface area contributed by atoms with Gasteiger partial charge in [0.05, 0.1) is 12.2 Å². The van der Waals surface area contributed by atoms with Crippen LogP contribution in [0.25, 0.3) is 21.5 Å². The highest BCUT2D eigenvalue weighted by molar-refractivity contribution is 5.95. The highest BCUT2D eigenvalue weighted by Crippen LogP contribution is 2.52. The first-order chi connectivity index (χ1) is 14.2. The molecule has 3 N–H and O–H groups in total. The van der Waals surface area contributed by atoms with Gasteiger partial charge in [0.25, 0.3) is 0 Å². The third-order valence-electron chi connectivity index (χ3n) is 5.64. The molecule has 0 radical (unpaired) electrons. The Balaban J connectivity index is 1.74. The lowest BCUT2D eigenvalue weighted by Crippen LogP contribution is -2.13. The normalized spacial score (nSPS) is 13.2. The molecule has 29 heavy (non-hydrogen) atoms. The van der Waals surface area contributed by atoms with Gasteiger partial charge < -0.3 is 19.9 Å². The van der Waals surface area contributed by atoms with Crippen LogP contribution in [0.5, 0.6) is 23.0 Å². The van der Waals surface area contributed by atoms with Crippen LogP contribution >= 0.6 is 0 Å². The number of ether oxygens (including phenoxy) is 1. The number of imidazole rings is 1. The molecule has 0 aliphatic carbocycles. The number of hydrogen-bond acceptors (Lipinski definition) is 4. The third-order valence-corrected chi connectivity index (χ3v) is 5.64. The fourth-order valence-corrected chi connectivity index (χ4v) is 4.41. The fraction of sp³-hybridized carbons (Fsp3) is 0.0417. The zero-order chi connectivity index (χ0) is 19.5. The lowest BCUT2D eigenvalue weighted by atomic mass is 9.81. The number of phenolic OH excluding ortho intramolecular Hbond substituents is 2. The van der Waals surface area contributed by atoms with E-state index in [4.69, 9.17) is 4.74 Å². The smallest absolute Gasteiger partial charge is 0.132 e. The molecular formula is C24H16N2O3. The second-order valence-electron chi connectivity index (χ2n) is 7.31. The van der Waals surface area contributed by atoms with E-state index >= 15 is 0 Å². The van der Waals surface area contributed by atoms with Crippen LogP contribution in [0.1, 0.15) is 22.7 Å². The minimum atomic E-state index is -0.127. The average molecular weight is 380 g/mol. The highest BCUT2D eigenvalue weighted by atomic mass is 16.5. The molecule has 5 nitrogen and oxygen atoms in total. The van der Waals surface area contributed by atoms with Gasteiger partial charge in [-0.3, -0.25) is 0 Å². The summed E-state index contributed by atoms with van der Waals surface area (Å²) in [4.78, 5) is 7.53. The molecule has 0 unspecified atom stereocenters. The van der Waals surface area contributed by atoms with Gasteiger partial charge in [-0.25, -0.2) is 4.98 Å². The quantitative estimate of drug-likeness (QED) is 0.356. The van der Waals surface area contributed by atoms with Gasteiger partial charge in [-0.05, 0) is 57.9 Å². The maximum atomic E-state index is 9.94. The molecule has 1 aromatic heterocycles. The van der Waals surface area contributed by atoms with E-state index in [9.17, 15) is 10.2 Å². The van der Waals surface area contributed by atoms with Gasteiger partial charge in [0.1, 0.15) is 23.0 Å². The summed E-state index contributed by atoms with van der Waals surface area (Å²) in [5, 5.41) is 23.8. The topological polar surface area (TPSA) is 78.4 Å². The first kappa shape index (κ1) is 16.0. The van der Waals surface area contributed by atoms with Crippen molar-refractivity contribution in [3.63, 3.8) is 0 Å². The number of nitrogens with zero attached hydrogens (tertiary/aromatic N) is 1. The van der Waals surface area contributed by atoms with Gasteiger partial charge in [0, 0.05) is 23.0 Å². The van der Waals surface area contributed by atoms with Crippen molar-refractivity contribution in [2.75, 3.05) is 0 Å². The summed E-state index contributed by atoms with van der Waals surface area (Å²) in [6.45, 7) is 0. The predicted molar refractivity (Wildman–Crippen MR) is 111 cm³/mol. The standard InChI is InChI=1S/C24H16N2O3/c27-15-3-5-17-13(9-15)1-7-20-22(17)24(19-11-25-12-26-19)23-18-6-4-16(28)10-14(18)2-8-21(23)29-20/h1-12,24,27-28H,(H,25,26). The van der Waals surface area contributed by atoms with Gasteiger partial charge in [-0.2, -0.15) is 0 Å². The Morgan fingerprint density at radius 1 is 0.759 bits per heavy atom. The van der Waals surface area contributed by atoms with E-state index in [0.29, 0.717) is 0 Å². The average Bonchev–Trinajstić information content (AvgIpc) is 3.26. The SMILES string of the molecule is Oc1ccc2c3c(ccc2c1)Oc1ccc2cc(O)ccc2c1C3c1cnc[nH]1. The monoisotopic (exact) mass is 380 g/mol. The number of nitrogens with one attached hydrogen (secondary N) is 1. The van der Waals surface area contributed by atoms with Crippen molar-refractivity contribution < 1.29 is 14.9 Å². The van der Waals surface area contributed by atoms with Crippen molar-refractivity contribution >= 4 is 21.5 Å². The molecule has 0 saturated heterocycles. The second-order valence-corrected chi connectivity index (χ2v) is 7.31. The van der Waals surface area contributed by atoms with Crippen molar-refractivity contribution in [2.24, 2.45) is 0 Å². The Labute approximate surface area is 165 Å². The number of fused-ring (bicyclic) bond motifs is 6. The molecule has 5 aromatic rings. The van der Waals surface area contributed by atoms with Crippen molar-refractivity contribution in [1.29, 1.82) is 0 Å². The zero-order valence-corrected chi connectivity index (χ0v) is 15.3. The Hall–Kier alpha value is -3.99. The molecule has 0 amide bonds. The maximum Gasteiger partial charge on any atom is 0.132 e. The molecule has 0 atom stereocenters.